The third-order valence-electron chi connectivity index (χ3n) is 3.62. The zero-order chi connectivity index (χ0) is 12.4. The molecule has 1 fully saturated rings. The van der Waals surface area contributed by atoms with Gasteiger partial charge in [0.25, 0.3) is 5.91 Å². The summed E-state index contributed by atoms with van der Waals surface area (Å²) in [6.45, 7) is 3.71. The van der Waals surface area contributed by atoms with E-state index < -0.39 is 0 Å². The SMILES string of the molecule is Cl.O=C(c1cccc2c1CCCN2)N1CCOCC1. The Morgan fingerprint density at radius 2 is 2.05 bits per heavy atom. The summed E-state index contributed by atoms with van der Waals surface area (Å²) in [7, 11) is 0. The third-order valence-corrected chi connectivity index (χ3v) is 3.62. The Bertz CT molecular complexity index is 459. The first-order valence-corrected chi connectivity index (χ1v) is 6.59. The van der Waals surface area contributed by atoms with E-state index in [2.05, 4.69) is 11.4 Å². The van der Waals surface area contributed by atoms with Crippen molar-refractivity contribution in [2.45, 2.75) is 12.8 Å². The van der Waals surface area contributed by atoms with Crippen LogP contribution in [0.5, 0.6) is 0 Å². The number of carbonyl (C=O) groups excluding carboxylic acids is 1. The second-order valence-corrected chi connectivity index (χ2v) is 4.77. The van der Waals surface area contributed by atoms with E-state index in [0.717, 1.165) is 30.6 Å². The number of anilines is 1. The number of fused-ring (bicyclic) bond motifs is 1. The molecule has 3 rings (SSSR count). The van der Waals surface area contributed by atoms with Crippen molar-refractivity contribution in [2.24, 2.45) is 0 Å². The molecule has 1 aromatic rings. The van der Waals surface area contributed by atoms with E-state index in [1.807, 2.05) is 17.0 Å². The van der Waals surface area contributed by atoms with E-state index in [-0.39, 0.29) is 18.3 Å². The van der Waals surface area contributed by atoms with Gasteiger partial charge < -0.3 is 15.0 Å². The van der Waals surface area contributed by atoms with Crippen LogP contribution in [0.4, 0.5) is 5.69 Å². The third kappa shape index (κ3) is 2.85. The number of morpholine rings is 1. The molecule has 5 heteroatoms. The number of nitrogens with one attached hydrogen (secondary N) is 1. The number of benzene rings is 1. The quantitative estimate of drug-likeness (QED) is 0.856. The van der Waals surface area contributed by atoms with Gasteiger partial charge in [0.2, 0.25) is 0 Å². The number of nitrogens with zero attached hydrogens (tertiary/aromatic N) is 1. The van der Waals surface area contributed by atoms with Crippen LogP contribution in [-0.2, 0) is 11.2 Å². The highest BCUT2D eigenvalue weighted by Gasteiger charge is 2.23. The summed E-state index contributed by atoms with van der Waals surface area (Å²) in [4.78, 5) is 14.4. The average Bonchev–Trinajstić information content (AvgIpc) is 2.47. The first-order chi connectivity index (χ1) is 8.86. The van der Waals surface area contributed by atoms with Crippen molar-refractivity contribution < 1.29 is 9.53 Å². The Kier molecular flexibility index (Phi) is 4.66. The zero-order valence-corrected chi connectivity index (χ0v) is 11.7. The molecule has 19 heavy (non-hydrogen) atoms. The molecule has 0 atom stereocenters. The molecule has 2 heterocycles. The van der Waals surface area contributed by atoms with E-state index in [0.29, 0.717) is 26.3 Å². The van der Waals surface area contributed by atoms with Crippen LogP contribution in [-0.4, -0.2) is 43.7 Å². The minimum atomic E-state index is 0. The fraction of sp³-hybridized carbons (Fsp3) is 0.500. The molecule has 1 aromatic carbocycles. The topological polar surface area (TPSA) is 41.6 Å². The number of amides is 1. The van der Waals surface area contributed by atoms with Crippen LogP contribution in [0.15, 0.2) is 18.2 Å². The van der Waals surface area contributed by atoms with Gasteiger partial charge in [0.1, 0.15) is 0 Å². The molecule has 2 aliphatic heterocycles. The van der Waals surface area contributed by atoms with Crippen LogP contribution in [0.3, 0.4) is 0 Å². The summed E-state index contributed by atoms with van der Waals surface area (Å²) in [5.74, 6) is 0.152. The fourth-order valence-electron chi connectivity index (χ4n) is 2.65. The maximum absolute atomic E-state index is 12.5. The first kappa shape index (κ1) is 14.2. The number of hydrogen-bond donors (Lipinski definition) is 1. The summed E-state index contributed by atoms with van der Waals surface area (Å²) in [6.07, 6.45) is 2.09. The molecule has 1 saturated heterocycles. The molecular formula is C14H19ClN2O2. The first-order valence-electron chi connectivity index (χ1n) is 6.59. The standard InChI is InChI=1S/C14H18N2O2.ClH/c17-14(16-7-9-18-10-8-16)12-3-1-5-13-11(12)4-2-6-15-13;/h1,3,5,15H,2,4,6-10H2;1H. The lowest BCUT2D eigenvalue weighted by atomic mass is 9.97. The van der Waals surface area contributed by atoms with Crippen LogP contribution in [0, 0.1) is 0 Å². The summed E-state index contributed by atoms with van der Waals surface area (Å²) >= 11 is 0. The smallest absolute Gasteiger partial charge is 0.254 e. The molecule has 104 valence electrons. The highest BCUT2D eigenvalue weighted by Crippen LogP contribution is 2.26. The van der Waals surface area contributed by atoms with E-state index >= 15 is 0 Å². The molecule has 0 saturated carbocycles. The Morgan fingerprint density at radius 3 is 2.84 bits per heavy atom. The van der Waals surface area contributed by atoms with Gasteiger partial charge in [-0.3, -0.25) is 4.79 Å². The van der Waals surface area contributed by atoms with Crippen molar-refractivity contribution in [1.82, 2.24) is 4.90 Å². The molecule has 2 aliphatic rings. The van der Waals surface area contributed by atoms with Gasteiger partial charge in [-0.05, 0) is 30.5 Å². The van der Waals surface area contributed by atoms with E-state index in [1.54, 1.807) is 0 Å². The second-order valence-electron chi connectivity index (χ2n) is 4.77. The molecule has 4 nitrogen and oxygen atoms in total. The lowest BCUT2D eigenvalue weighted by Crippen LogP contribution is -2.41. The molecule has 0 unspecified atom stereocenters. The molecule has 1 N–H and O–H groups in total. The number of carbonyl (C=O) groups is 1. The van der Waals surface area contributed by atoms with Crippen molar-refractivity contribution in [3.63, 3.8) is 0 Å². The predicted octanol–water partition coefficient (Wildman–Crippen LogP) is 1.94. The fourth-order valence-corrected chi connectivity index (χ4v) is 2.65. The molecule has 0 aliphatic carbocycles. The van der Waals surface area contributed by atoms with Gasteiger partial charge in [0, 0.05) is 30.9 Å². The van der Waals surface area contributed by atoms with Gasteiger partial charge in [-0.2, -0.15) is 0 Å². The molecule has 0 aromatic heterocycles. The van der Waals surface area contributed by atoms with Crippen molar-refractivity contribution in [2.75, 3.05) is 38.2 Å². The van der Waals surface area contributed by atoms with Gasteiger partial charge in [0.15, 0.2) is 0 Å². The van der Waals surface area contributed by atoms with Crippen molar-refractivity contribution in [3.05, 3.63) is 29.3 Å². The number of halogens is 1. The Labute approximate surface area is 119 Å². The summed E-state index contributed by atoms with van der Waals surface area (Å²) in [6, 6.07) is 5.97. The highest BCUT2D eigenvalue weighted by molar-refractivity contribution is 5.97. The zero-order valence-electron chi connectivity index (χ0n) is 10.9. The number of hydrogen-bond acceptors (Lipinski definition) is 3. The minimum absolute atomic E-state index is 0. The van der Waals surface area contributed by atoms with Crippen LogP contribution in [0.1, 0.15) is 22.3 Å². The Morgan fingerprint density at radius 1 is 1.26 bits per heavy atom. The summed E-state index contributed by atoms with van der Waals surface area (Å²) in [5.41, 5.74) is 3.17. The monoisotopic (exact) mass is 282 g/mol. The summed E-state index contributed by atoms with van der Waals surface area (Å²) in [5, 5.41) is 3.37. The Balaban J connectivity index is 0.00000133. The number of ether oxygens (including phenoxy) is 1. The van der Waals surface area contributed by atoms with Crippen LogP contribution in [0.25, 0.3) is 0 Å². The normalized spacial score (nSPS) is 18.0. The predicted molar refractivity (Wildman–Crippen MR) is 77.2 cm³/mol. The lowest BCUT2D eigenvalue weighted by Gasteiger charge is -2.29. The molecule has 1 amide bonds. The second kappa shape index (κ2) is 6.26. The maximum atomic E-state index is 12.5. The molecule has 0 bridgehead atoms. The van der Waals surface area contributed by atoms with Gasteiger partial charge in [-0.15, -0.1) is 12.4 Å². The highest BCUT2D eigenvalue weighted by atomic mass is 35.5. The van der Waals surface area contributed by atoms with Crippen molar-refractivity contribution >= 4 is 24.0 Å². The molecular weight excluding hydrogens is 264 g/mol. The van der Waals surface area contributed by atoms with Crippen molar-refractivity contribution in [1.29, 1.82) is 0 Å². The van der Waals surface area contributed by atoms with Crippen molar-refractivity contribution in [3.8, 4) is 0 Å². The van der Waals surface area contributed by atoms with E-state index in [1.165, 1.54) is 5.56 Å². The van der Waals surface area contributed by atoms with Crippen LogP contribution >= 0.6 is 12.4 Å². The summed E-state index contributed by atoms with van der Waals surface area (Å²) < 4.78 is 5.29. The van der Waals surface area contributed by atoms with E-state index in [4.69, 9.17) is 4.74 Å². The average molecular weight is 283 g/mol. The molecule has 0 spiro atoms. The van der Waals surface area contributed by atoms with Gasteiger partial charge in [0.05, 0.1) is 13.2 Å². The lowest BCUT2D eigenvalue weighted by molar-refractivity contribution is 0.0302. The maximum Gasteiger partial charge on any atom is 0.254 e. The Hall–Kier alpha value is -1.26. The minimum Gasteiger partial charge on any atom is -0.385 e. The molecule has 0 radical (unpaired) electrons. The van der Waals surface area contributed by atoms with Gasteiger partial charge >= 0.3 is 0 Å². The van der Waals surface area contributed by atoms with E-state index in [9.17, 15) is 4.79 Å². The largest absolute Gasteiger partial charge is 0.385 e. The van der Waals surface area contributed by atoms with Gasteiger partial charge in [-0.1, -0.05) is 6.07 Å². The number of rotatable bonds is 1. The van der Waals surface area contributed by atoms with Crippen LogP contribution in [0.2, 0.25) is 0 Å². The van der Waals surface area contributed by atoms with Crippen LogP contribution < -0.4 is 5.32 Å². The van der Waals surface area contributed by atoms with Gasteiger partial charge in [-0.25, -0.2) is 0 Å².